The average Bonchev–Trinajstić information content (AvgIpc) is 3.07. The zero-order valence-electron chi connectivity index (χ0n) is 15.5. The predicted octanol–water partition coefficient (Wildman–Crippen LogP) is 2.45. The molecule has 27 heavy (non-hydrogen) atoms. The molecule has 4 rings (SSSR count). The maximum absolute atomic E-state index is 12.7. The Morgan fingerprint density at radius 3 is 2.44 bits per heavy atom. The Kier molecular flexibility index (Phi) is 4.58. The van der Waals surface area contributed by atoms with Crippen LogP contribution in [0.15, 0.2) is 42.6 Å². The summed E-state index contributed by atoms with van der Waals surface area (Å²) in [5.74, 6) is 1.60. The number of H-pyrrole nitrogens is 1. The highest BCUT2D eigenvalue weighted by Crippen LogP contribution is 2.20. The van der Waals surface area contributed by atoms with Crippen molar-refractivity contribution in [2.75, 3.05) is 31.1 Å². The molecule has 0 bridgehead atoms. The summed E-state index contributed by atoms with van der Waals surface area (Å²) in [6, 6.07) is 11.9. The molecule has 0 aliphatic carbocycles. The molecule has 1 fully saturated rings. The molecule has 3 aromatic rings. The van der Waals surface area contributed by atoms with Crippen molar-refractivity contribution in [1.82, 2.24) is 25.1 Å². The number of nitrogens with one attached hydrogen (secondary N) is 1. The van der Waals surface area contributed by atoms with E-state index in [-0.39, 0.29) is 5.91 Å². The zero-order chi connectivity index (χ0) is 18.8. The van der Waals surface area contributed by atoms with Gasteiger partial charge in [0.2, 0.25) is 0 Å². The van der Waals surface area contributed by atoms with Crippen molar-refractivity contribution in [2.24, 2.45) is 0 Å². The van der Waals surface area contributed by atoms with Crippen LogP contribution in [0.4, 0.5) is 5.82 Å². The topological polar surface area (TPSA) is 78.0 Å². The van der Waals surface area contributed by atoms with Crippen LogP contribution in [0.1, 0.15) is 21.7 Å². The van der Waals surface area contributed by atoms with E-state index in [4.69, 9.17) is 4.98 Å². The van der Waals surface area contributed by atoms with Gasteiger partial charge in [0, 0.05) is 49.2 Å². The van der Waals surface area contributed by atoms with Gasteiger partial charge in [0.15, 0.2) is 11.5 Å². The average molecular weight is 362 g/mol. The van der Waals surface area contributed by atoms with Crippen LogP contribution < -0.4 is 4.90 Å². The van der Waals surface area contributed by atoms with Crippen molar-refractivity contribution in [3.8, 4) is 11.4 Å². The Morgan fingerprint density at radius 1 is 1.04 bits per heavy atom. The third-order valence-electron chi connectivity index (χ3n) is 5.02. The summed E-state index contributed by atoms with van der Waals surface area (Å²) in [5.41, 5.74) is 3.38. The van der Waals surface area contributed by atoms with Gasteiger partial charge in [-0.2, -0.15) is 5.10 Å². The number of benzene rings is 1. The largest absolute Gasteiger partial charge is 0.353 e. The molecule has 0 saturated carbocycles. The van der Waals surface area contributed by atoms with Crippen LogP contribution in [-0.4, -0.2) is 57.2 Å². The van der Waals surface area contributed by atoms with Gasteiger partial charge in [-0.05, 0) is 19.9 Å². The summed E-state index contributed by atoms with van der Waals surface area (Å²) in [7, 11) is 0. The predicted molar refractivity (Wildman–Crippen MR) is 104 cm³/mol. The maximum Gasteiger partial charge on any atom is 0.274 e. The molecule has 1 saturated heterocycles. The number of anilines is 1. The highest BCUT2D eigenvalue weighted by Gasteiger charge is 2.26. The van der Waals surface area contributed by atoms with Crippen LogP contribution >= 0.6 is 0 Å². The number of aryl methyl sites for hydroxylation is 1. The zero-order valence-corrected chi connectivity index (χ0v) is 15.5. The molecule has 0 radical (unpaired) electrons. The van der Waals surface area contributed by atoms with Crippen LogP contribution in [0.5, 0.6) is 0 Å². The first kappa shape index (κ1) is 17.2. The molecule has 1 aliphatic heterocycles. The number of aromatic amines is 1. The highest BCUT2D eigenvalue weighted by atomic mass is 16.2. The van der Waals surface area contributed by atoms with E-state index in [1.165, 1.54) is 0 Å². The lowest BCUT2D eigenvalue weighted by Gasteiger charge is -2.35. The summed E-state index contributed by atoms with van der Waals surface area (Å²) in [4.78, 5) is 25.9. The third kappa shape index (κ3) is 3.40. The fourth-order valence-corrected chi connectivity index (χ4v) is 3.23. The number of amides is 1. The Balaban J connectivity index is 1.45. The standard InChI is InChI=1S/C20H22N6O/c1-14-15(2)23-24-18(14)20(27)26-12-10-25(11-13-26)17-8-9-21-19(22-17)16-6-4-3-5-7-16/h3-9H,10-13H2,1-2H3,(H,23,24). The lowest BCUT2D eigenvalue weighted by Crippen LogP contribution is -2.49. The fraction of sp³-hybridized carbons (Fsp3) is 0.300. The number of aromatic nitrogens is 4. The first-order valence-electron chi connectivity index (χ1n) is 9.08. The van der Waals surface area contributed by atoms with Crippen molar-refractivity contribution in [3.63, 3.8) is 0 Å². The molecular weight excluding hydrogens is 340 g/mol. The van der Waals surface area contributed by atoms with Crippen LogP contribution in [-0.2, 0) is 0 Å². The van der Waals surface area contributed by atoms with Gasteiger partial charge in [-0.1, -0.05) is 30.3 Å². The van der Waals surface area contributed by atoms with Gasteiger partial charge in [0.25, 0.3) is 5.91 Å². The van der Waals surface area contributed by atoms with Gasteiger partial charge < -0.3 is 9.80 Å². The monoisotopic (exact) mass is 362 g/mol. The second kappa shape index (κ2) is 7.19. The van der Waals surface area contributed by atoms with Crippen molar-refractivity contribution in [2.45, 2.75) is 13.8 Å². The van der Waals surface area contributed by atoms with Gasteiger partial charge in [-0.3, -0.25) is 9.89 Å². The smallest absolute Gasteiger partial charge is 0.274 e. The van der Waals surface area contributed by atoms with Gasteiger partial charge in [0.1, 0.15) is 5.82 Å². The van der Waals surface area contributed by atoms with Gasteiger partial charge in [0.05, 0.1) is 0 Å². The molecular formula is C20H22N6O. The Labute approximate surface area is 158 Å². The van der Waals surface area contributed by atoms with Gasteiger partial charge >= 0.3 is 0 Å². The van der Waals surface area contributed by atoms with Crippen molar-refractivity contribution >= 4 is 11.7 Å². The van der Waals surface area contributed by atoms with Gasteiger partial charge in [-0.25, -0.2) is 9.97 Å². The lowest BCUT2D eigenvalue weighted by atomic mass is 10.2. The summed E-state index contributed by atoms with van der Waals surface area (Å²) in [5, 5.41) is 7.05. The first-order valence-corrected chi connectivity index (χ1v) is 9.08. The Hall–Kier alpha value is -3.22. The van der Waals surface area contributed by atoms with Crippen LogP contribution in [0.2, 0.25) is 0 Å². The molecule has 0 spiro atoms. The first-order chi connectivity index (χ1) is 13.1. The number of nitrogens with zero attached hydrogens (tertiary/aromatic N) is 5. The number of hydrogen-bond donors (Lipinski definition) is 1. The summed E-state index contributed by atoms with van der Waals surface area (Å²) >= 11 is 0. The number of rotatable bonds is 3. The number of carbonyl (C=O) groups is 1. The Bertz CT molecular complexity index is 944. The van der Waals surface area contributed by atoms with E-state index in [1.54, 1.807) is 6.20 Å². The molecule has 1 N–H and O–H groups in total. The minimum absolute atomic E-state index is 0.0100. The van der Waals surface area contributed by atoms with E-state index < -0.39 is 0 Å². The molecule has 2 aromatic heterocycles. The quantitative estimate of drug-likeness (QED) is 0.774. The van der Waals surface area contributed by atoms with Gasteiger partial charge in [-0.15, -0.1) is 0 Å². The van der Waals surface area contributed by atoms with E-state index in [1.807, 2.05) is 55.1 Å². The van der Waals surface area contributed by atoms with Crippen molar-refractivity contribution in [3.05, 3.63) is 59.5 Å². The number of piperazine rings is 1. The minimum Gasteiger partial charge on any atom is -0.353 e. The molecule has 7 heteroatoms. The Morgan fingerprint density at radius 2 is 1.78 bits per heavy atom. The molecule has 1 aliphatic rings. The SMILES string of the molecule is Cc1[nH]nc(C(=O)N2CCN(c3ccnc(-c4ccccc4)n3)CC2)c1C. The molecule has 138 valence electrons. The molecule has 0 atom stereocenters. The molecule has 3 heterocycles. The molecule has 1 amide bonds. The summed E-state index contributed by atoms with van der Waals surface area (Å²) in [6.07, 6.45) is 1.79. The highest BCUT2D eigenvalue weighted by molar-refractivity contribution is 5.94. The maximum atomic E-state index is 12.7. The van der Waals surface area contributed by atoms with Crippen LogP contribution in [0.25, 0.3) is 11.4 Å². The van der Waals surface area contributed by atoms with E-state index in [9.17, 15) is 4.79 Å². The normalized spacial score (nSPS) is 14.4. The number of carbonyl (C=O) groups excluding carboxylic acids is 1. The number of hydrogen-bond acceptors (Lipinski definition) is 5. The third-order valence-corrected chi connectivity index (χ3v) is 5.02. The summed E-state index contributed by atoms with van der Waals surface area (Å²) in [6.45, 7) is 6.62. The summed E-state index contributed by atoms with van der Waals surface area (Å²) < 4.78 is 0. The molecule has 7 nitrogen and oxygen atoms in total. The van der Waals surface area contributed by atoms with E-state index >= 15 is 0 Å². The fourth-order valence-electron chi connectivity index (χ4n) is 3.23. The van der Waals surface area contributed by atoms with Crippen LogP contribution in [0.3, 0.4) is 0 Å². The van der Waals surface area contributed by atoms with E-state index in [0.29, 0.717) is 24.6 Å². The van der Waals surface area contributed by atoms with E-state index in [0.717, 1.165) is 35.7 Å². The molecule has 1 aromatic carbocycles. The van der Waals surface area contributed by atoms with Crippen molar-refractivity contribution < 1.29 is 4.79 Å². The second-order valence-corrected chi connectivity index (χ2v) is 6.71. The van der Waals surface area contributed by atoms with Crippen LogP contribution in [0, 0.1) is 13.8 Å². The van der Waals surface area contributed by atoms with E-state index in [2.05, 4.69) is 20.1 Å². The second-order valence-electron chi connectivity index (χ2n) is 6.71. The van der Waals surface area contributed by atoms with Crippen molar-refractivity contribution in [1.29, 1.82) is 0 Å². The lowest BCUT2D eigenvalue weighted by molar-refractivity contribution is 0.0740. The minimum atomic E-state index is -0.0100. The molecule has 0 unspecified atom stereocenters.